The van der Waals surface area contributed by atoms with Gasteiger partial charge in [-0.1, -0.05) is 20.8 Å². The third kappa shape index (κ3) is 2.87. The summed E-state index contributed by atoms with van der Waals surface area (Å²) >= 11 is 0. The largest absolute Gasteiger partial charge is 0.342 e. The smallest absolute Gasteiger partial charge is 0.107 e. The van der Waals surface area contributed by atoms with Crippen molar-refractivity contribution in [2.75, 3.05) is 0 Å². The van der Waals surface area contributed by atoms with Crippen LogP contribution in [0, 0.1) is 19.3 Å². The topological polar surface area (TPSA) is 28.7 Å². The highest BCUT2D eigenvalue weighted by Crippen LogP contribution is 2.22. The maximum atomic E-state index is 4.66. The molecule has 1 aromatic carbocycles. The molecule has 2 heteroatoms. The molecule has 0 aliphatic heterocycles. The Balaban J connectivity index is 2.26. The average Bonchev–Trinajstić information content (AvgIpc) is 2.57. The fourth-order valence-corrected chi connectivity index (χ4v) is 1.93. The summed E-state index contributed by atoms with van der Waals surface area (Å²) in [6.07, 6.45) is 2.18. The fourth-order valence-electron chi connectivity index (χ4n) is 1.93. The predicted molar refractivity (Wildman–Crippen MR) is 73.3 cm³/mol. The Morgan fingerprint density at radius 3 is 2.41 bits per heavy atom. The maximum absolute atomic E-state index is 4.66. The predicted octanol–water partition coefficient (Wildman–Crippen LogP) is 4.16. The molecule has 2 nitrogen and oxygen atoms in total. The second-order valence-electron chi connectivity index (χ2n) is 6.20. The second kappa shape index (κ2) is 4.17. The molecule has 0 spiro atoms. The third-order valence-electron chi connectivity index (χ3n) is 3.26. The van der Waals surface area contributed by atoms with Crippen LogP contribution in [0.1, 0.15) is 44.1 Å². The second-order valence-corrected chi connectivity index (χ2v) is 6.20. The highest BCUT2D eigenvalue weighted by Gasteiger charge is 2.12. The first-order chi connectivity index (χ1) is 7.85. The van der Waals surface area contributed by atoms with Crippen molar-refractivity contribution in [3.05, 3.63) is 29.1 Å². The Labute approximate surface area is 103 Å². The van der Waals surface area contributed by atoms with Gasteiger partial charge in [-0.05, 0) is 48.9 Å². The van der Waals surface area contributed by atoms with Crippen molar-refractivity contribution in [3.8, 4) is 0 Å². The van der Waals surface area contributed by atoms with Crippen LogP contribution < -0.4 is 0 Å². The molecule has 0 saturated carbocycles. The van der Waals surface area contributed by atoms with E-state index in [4.69, 9.17) is 0 Å². The molecular formula is C15H22N2. The number of fused-ring (bicyclic) bond motifs is 1. The van der Waals surface area contributed by atoms with Crippen LogP contribution >= 0.6 is 0 Å². The lowest BCUT2D eigenvalue weighted by Gasteiger charge is -2.16. The van der Waals surface area contributed by atoms with E-state index < -0.39 is 0 Å². The Kier molecular flexibility index (Phi) is 2.98. The number of imidazole rings is 1. The summed E-state index contributed by atoms with van der Waals surface area (Å²) in [7, 11) is 0. The Bertz CT molecular complexity index is 491. The van der Waals surface area contributed by atoms with E-state index in [1.807, 2.05) is 0 Å². The first-order valence-corrected chi connectivity index (χ1v) is 6.31. The molecule has 0 fully saturated rings. The molecule has 92 valence electrons. The molecule has 0 aliphatic carbocycles. The van der Waals surface area contributed by atoms with Gasteiger partial charge in [0.05, 0.1) is 11.0 Å². The molecule has 2 aromatic rings. The number of nitrogens with one attached hydrogen (secondary N) is 1. The molecule has 0 saturated heterocycles. The van der Waals surface area contributed by atoms with Gasteiger partial charge < -0.3 is 4.98 Å². The summed E-state index contributed by atoms with van der Waals surface area (Å²) in [4.78, 5) is 8.09. The summed E-state index contributed by atoms with van der Waals surface area (Å²) in [5, 5.41) is 0. The summed E-state index contributed by atoms with van der Waals surface area (Å²) in [6, 6.07) is 4.36. The number of aromatic nitrogens is 2. The fraction of sp³-hybridized carbons (Fsp3) is 0.533. The number of benzene rings is 1. The zero-order chi connectivity index (χ0) is 12.6. The lowest BCUT2D eigenvalue weighted by molar-refractivity contribution is 0.375. The van der Waals surface area contributed by atoms with Crippen LogP contribution in [-0.4, -0.2) is 9.97 Å². The minimum atomic E-state index is 0.366. The third-order valence-corrected chi connectivity index (χ3v) is 3.26. The number of aryl methyl sites for hydroxylation is 3. The van der Waals surface area contributed by atoms with Crippen molar-refractivity contribution in [2.45, 2.75) is 47.5 Å². The molecule has 0 aliphatic rings. The summed E-state index contributed by atoms with van der Waals surface area (Å²) < 4.78 is 0. The van der Waals surface area contributed by atoms with Crippen LogP contribution in [0.25, 0.3) is 11.0 Å². The lowest BCUT2D eigenvalue weighted by atomic mass is 9.90. The standard InChI is InChI=1S/C15H22N2/c1-10-8-12-13(9-11(10)2)17-14(16-12)6-7-15(3,4)5/h8-9H,6-7H2,1-5H3,(H,16,17). The zero-order valence-corrected chi connectivity index (χ0v) is 11.5. The molecule has 0 bridgehead atoms. The van der Waals surface area contributed by atoms with Gasteiger partial charge in [0.1, 0.15) is 5.82 Å². The van der Waals surface area contributed by atoms with Crippen molar-refractivity contribution < 1.29 is 0 Å². The van der Waals surface area contributed by atoms with Crippen molar-refractivity contribution in [3.63, 3.8) is 0 Å². The van der Waals surface area contributed by atoms with Gasteiger partial charge in [-0.15, -0.1) is 0 Å². The average molecular weight is 230 g/mol. The summed E-state index contributed by atoms with van der Waals surface area (Å²) in [5.74, 6) is 1.11. The molecule has 2 rings (SSSR count). The van der Waals surface area contributed by atoms with Crippen LogP contribution in [0.4, 0.5) is 0 Å². The number of aromatic amines is 1. The highest BCUT2D eigenvalue weighted by atomic mass is 14.9. The monoisotopic (exact) mass is 230 g/mol. The van der Waals surface area contributed by atoms with E-state index in [9.17, 15) is 0 Å². The number of rotatable bonds is 2. The van der Waals surface area contributed by atoms with Crippen LogP contribution in [0.3, 0.4) is 0 Å². The SMILES string of the molecule is Cc1cc2nc(CCC(C)(C)C)[nH]c2cc1C. The molecule has 0 radical (unpaired) electrons. The molecule has 1 heterocycles. The van der Waals surface area contributed by atoms with E-state index in [-0.39, 0.29) is 0 Å². The van der Waals surface area contributed by atoms with E-state index in [2.05, 4.69) is 56.7 Å². The van der Waals surface area contributed by atoms with Crippen LogP contribution in [0.15, 0.2) is 12.1 Å². The summed E-state index contributed by atoms with van der Waals surface area (Å²) in [5.41, 5.74) is 5.26. The lowest BCUT2D eigenvalue weighted by Crippen LogP contribution is -2.06. The van der Waals surface area contributed by atoms with E-state index in [1.165, 1.54) is 11.1 Å². The van der Waals surface area contributed by atoms with Gasteiger partial charge in [0.15, 0.2) is 0 Å². The number of nitrogens with zero attached hydrogens (tertiary/aromatic N) is 1. The van der Waals surface area contributed by atoms with Gasteiger partial charge in [-0.2, -0.15) is 0 Å². The summed E-state index contributed by atoms with van der Waals surface area (Å²) in [6.45, 7) is 11.1. The van der Waals surface area contributed by atoms with Gasteiger partial charge in [0, 0.05) is 6.42 Å². The van der Waals surface area contributed by atoms with Crippen LogP contribution in [0.2, 0.25) is 0 Å². The molecule has 0 amide bonds. The highest BCUT2D eigenvalue weighted by molar-refractivity contribution is 5.77. The molecular weight excluding hydrogens is 208 g/mol. The van der Waals surface area contributed by atoms with E-state index in [1.54, 1.807) is 0 Å². The zero-order valence-electron chi connectivity index (χ0n) is 11.5. The molecule has 1 aromatic heterocycles. The van der Waals surface area contributed by atoms with Crippen molar-refractivity contribution in [2.24, 2.45) is 5.41 Å². The van der Waals surface area contributed by atoms with Gasteiger partial charge in [0.25, 0.3) is 0 Å². The minimum Gasteiger partial charge on any atom is -0.342 e. The minimum absolute atomic E-state index is 0.366. The Hall–Kier alpha value is -1.31. The molecule has 17 heavy (non-hydrogen) atoms. The van der Waals surface area contributed by atoms with Crippen molar-refractivity contribution >= 4 is 11.0 Å². The molecule has 1 N–H and O–H groups in total. The van der Waals surface area contributed by atoms with E-state index in [0.29, 0.717) is 5.41 Å². The van der Waals surface area contributed by atoms with E-state index in [0.717, 1.165) is 29.7 Å². The number of hydrogen-bond donors (Lipinski definition) is 1. The number of H-pyrrole nitrogens is 1. The normalized spacial score (nSPS) is 12.3. The first-order valence-electron chi connectivity index (χ1n) is 6.31. The van der Waals surface area contributed by atoms with Crippen molar-refractivity contribution in [1.82, 2.24) is 9.97 Å². The Morgan fingerprint density at radius 2 is 1.76 bits per heavy atom. The van der Waals surface area contributed by atoms with Crippen LogP contribution in [-0.2, 0) is 6.42 Å². The molecule has 0 unspecified atom stereocenters. The first kappa shape index (κ1) is 12.2. The quantitative estimate of drug-likeness (QED) is 0.824. The van der Waals surface area contributed by atoms with Gasteiger partial charge in [-0.25, -0.2) is 4.98 Å². The van der Waals surface area contributed by atoms with Crippen molar-refractivity contribution in [1.29, 1.82) is 0 Å². The number of hydrogen-bond acceptors (Lipinski definition) is 1. The maximum Gasteiger partial charge on any atom is 0.107 e. The van der Waals surface area contributed by atoms with Gasteiger partial charge in [0.2, 0.25) is 0 Å². The Morgan fingerprint density at radius 1 is 1.12 bits per heavy atom. The van der Waals surface area contributed by atoms with Crippen LogP contribution in [0.5, 0.6) is 0 Å². The van der Waals surface area contributed by atoms with Gasteiger partial charge >= 0.3 is 0 Å². The molecule has 0 atom stereocenters. The van der Waals surface area contributed by atoms with E-state index >= 15 is 0 Å². The van der Waals surface area contributed by atoms with Gasteiger partial charge in [-0.3, -0.25) is 0 Å².